The Balaban J connectivity index is 1.19. The molecular formula is C24H24F5N7. The number of alkyl halides is 3. The molecule has 1 N–H and O–H groups in total. The van der Waals surface area contributed by atoms with E-state index in [-0.39, 0.29) is 17.9 Å². The topological polar surface area (TPSA) is 62.1 Å². The quantitative estimate of drug-likeness (QED) is 0.513. The van der Waals surface area contributed by atoms with Crippen LogP contribution in [-0.4, -0.2) is 45.4 Å². The van der Waals surface area contributed by atoms with Crippen molar-refractivity contribution in [2.24, 2.45) is 11.8 Å². The SMILES string of the molecule is Fc1ccc(N2CCCn3nc(NC4C5CC[C@H]4CN(c4ccnc(C(F)(F)F)c4)C5)nc32)cc1F. The highest BCUT2D eigenvalue weighted by Gasteiger charge is 2.43. The van der Waals surface area contributed by atoms with E-state index in [2.05, 4.69) is 20.4 Å². The molecule has 2 aliphatic heterocycles. The van der Waals surface area contributed by atoms with Crippen LogP contribution in [0.1, 0.15) is 25.0 Å². The van der Waals surface area contributed by atoms with Crippen molar-refractivity contribution in [2.75, 3.05) is 34.8 Å². The molecule has 4 heterocycles. The Hall–Kier alpha value is -3.44. The molecule has 1 aliphatic carbocycles. The van der Waals surface area contributed by atoms with E-state index in [1.54, 1.807) is 10.7 Å². The van der Waals surface area contributed by atoms with Gasteiger partial charge in [0.05, 0.1) is 0 Å². The third-order valence-corrected chi connectivity index (χ3v) is 7.39. The lowest BCUT2D eigenvalue weighted by molar-refractivity contribution is -0.141. The Morgan fingerprint density at radius 1 is 0.917 bits per heavy atom. The van der Waals surface area contributed by atoms with Gasteiger partial charge in [0.1, 0.15) is 5.69 Å². The molecule has 2 aromatic heterocycles. The number of anilines is 4. The first kappa shape index (κ1) is 23.0. The molecule has 0 radical (unpaired) electrons. The number of nitrogens with zero attached hydrogens (tertiary/aromatic N) is 6. The van der Waals surface area contributed by atoms with Gasteiger partial charge >= 0.3 is 6.18 Å². The van der Waals surface area contributed by atoms with Crippen LogP contribution < -0.4 is 15.1 Å². The minimum atomic E-state index is -4.48. The molecule has 3 aromatic rings. The number of piperidine rings is 1. The fourth-order valence-electron chi connectivity index (χ4n) is 5.71. The molecule has 6 rings (SSSR count). The van der Waals surface area contributed by atoms with Crippen LogP contribution in [0.3, 0.4) is 0 Å². The van der Waals surface area contributed by atoms with Gasteiger partial charge in [-0.25, -0.2) is 13.5 Å². The summed E-state index contributed by atoms with van der Waals surface area (Å²) in [5, 5.41) is 8.09. The second kappa shape index (κ2) is 8.59. The molecule has 0 spiro atoms. The standard InChI is InChI=1S/C24H24F5N7/c25-18-5-4-17(10-19(18)26)35-8-1-9-36-23(35)32-22(33-36)31-21-14-2-3-15(21)13-34(12-14)16-6-7-30-20(11-16)24(27,28)29/h4-7,10-11,14-15,21H,1-3,8-9,12-13H2,(H,31,33)/t14-,15?,21?/m0/s1. The molecular weight excluding hydrogens is 481 g/mol. The molecule has 3 aliphatic rings. The van der Waals surface area contributed by atoms with Crippen LogP contribution in [-0.2, 0) is 12.7 Å². The van der Waals surface area contributed by atoms with Gasteiger partial charge in [0.15, 0.2) is 11.6 Å². The zero-order chi connectivity index (χ0) is 25.0. The number of pyridine rings is 1. The summed E-state index contributed by atoms with van der Waals surface area (Å²) in [5.74, 6) is -0.317. The Morgan fingerprint density at radius 2 is 1.69 bits per heavy atom. The van der Waals surface area contributed by atoms with Crippen molar-refractivity contribution in [2.45, 2.75) is 38.0 Å². The second-order valence-corrected chi connectivity index (χ2v) is 9.63. The lowest BCUT2D eigenvalue weighted by Crippen LogP contribution is -2.48. The Kier molecular flexibility index (Phi) is 5.49. The summed E-state index contributed by atoms with van der Waals surface area (Å²) in [5.41, 5.74) is 0.161. The summed E-state index contributed by atoms with van der Waals surface area (Å²) < 4.78 is 68.4. The first-order valence-corrected chi connectivity index (χ1v) is 12.0. The fraction of sp³-hybridized carbons (Fsp3) is 0.458. The first-order chi connectivity index (χ1) is 17.3. The lowest BCUT2D eigenvalue weighted by atomic mass is 9.92. The number of nitrogens with one attached hydrogen (secondary N) is 1. The summed E-state index contributed by atoms with van der Waals surface area (Å²) in [6, 6.07) is 6.63. The number of halogens is 5. The van der Waals surface area contributed by atoms with Crippen LogP contribution in [0.2, 0.25) is 0 Å². The minimum Gasteiger partial charge on any atom is -0.371 e. The van der Waals surface area contributed by atoms with E-state index in [0.717, 1.165) is 37.5 Å². The lowest BCUT2D eigenvalue weighted by Gasteiger charge is -2.39. The van der Waals surface area contributed by atoms with Crippen molar-refractivity contribution in [3.05, 3.63) is 53.9 Å². The molecule has 2 unspecified atom stereocenters. The maximum atomic E-state index is 13.8. The summed E-state index contributed by atoms with van der Waals surface area (Å²) in [4.78, 5) is 12.0. The second-order valence-electron chi connectivity index (χ2n) is 9.63. The molecule has 2 bridgehead atoms. The van der Waals surface area contributed by atoms with Gasteiger partial charge < -0.3 is 15.1 Å². The van der Waals surface area contributed by atoms with Crippen LogP contribution in [0, 0.1) is 23.5 Å². The average Bonchev–Trinajstić information content (AvgIpc) is 3.36. The van der Waals surface area contributed by atoms with Crippen molar-refractivity contribution in [3.63, 3.8) is 0 Å². The predicted molar refractivity (Wildman–Crippen MR) is 123 cm³/mol. The number of benzene rings is 1. The average molecular weight is 505 g/mol. The molecule has 1 saturated heterocycles. The van der Waals surface area contributed by atoms with E-state index in [0.29, 0.717) is 49.5 Å². The normalized spacial score (nSPS) is 23.6. The summed E-state index contributed by atoms with van der Waals surface area (Å²) >= 11 is 0. The zero-order valence-corrected chi connectivity index (χ0v) is 19.2. The molecule has 0 amide bonds. The highest BCUT2D eigenvalue weighted by molar-refractivity contribution is 5.59. The van der Waals surface area contributed by atoms with Gasteiger partial charge in [-0.1, -0.05) is 0 Å². The fourth-order valence-corrected chi connectivity index (χ4v) is 5.71. The van der Waals surface area contributed by atoms with Gasteiger partial charge in [0.2, 0.25) is 11.9 Å². The summed E-state index contributed by atoms with van der Waals surface area (Å²) in [7, 11) is 0. The molecule has 12 heteroatoms. The van der Waals surface area contributed by atoms with Gasteiger partial charge in [0, 0.05) is 55.9 Å². The Labute approximate surface area is 203 Å². The van der Waals surface area contributed by atoms with Gasteiger partial charge in [-0.05, 0) is 55.4 Å². The van der Waals surface area contributed by atoms with Crippen molar-refractivity contribution in [1.29, 1.82) is 0 Å². The number of aryl methyl sites for hydroxylation is 1. The Morgan fingerprint density at radius 3 is 2.42 bits per heavy atom. The molecule has 2 fully saturated rings. The van der Waals surface area contributed by atoms with Crippen molar-refractivity contribution in [1.82, 2.24) is 19.7 Å². The Bertz CT molecular complexity index is 1260. The number of aromatic nitrogens is 4. The molecule has 190 valence electrons. The van der Waals surface area contributed by atoms with Gasteiger partial charge in [0.25, 0.3) is 0 Å². The molecule has 1 aromatic carbocycles. The van der Waals surface area contributed by atoms with Gasteiger partial charge in [-0.3, -0.25) is 4.98 Å². The molecule has 1 saturated carbocycles. The number of rotatable bonds is 4. The van der Waals surface area contributed by atoms with Crippen LogP contribution in [0.5, 0.6) is 0 Å². The monoisotopic (exact) mass is 505 g/mol. The third kappa shape index (κ3) is 4.11. The van der Waals surface area contributed by atoms with Crippen molar-refractivity contribution in [3.8, 4) is 0 Å². The highest BCUT2D eigenvalue weighted by atomic mass is 19.4. The summed E-state index contributed by atoms with van der Waals surface area (Å²) in [6.45, 7) is 2.53. The minimum absolute atomic E-state index is 0.103. The van der Waals surface area contributed by atoms with Crippen molar-refractivity contribution < 1.29 is 22.0 Å². The van der Waals surface area contributed by atoms with Crippen LogP contribution in [0.4, 0.5) is 45.2 Å². The van der Waals surface area contributed by atoms with E-state index in [1.165, 1.54) is 12.3 Å². The van der Waals surface area contributed by atoms with Crippen molar-refractivity contribution >= 4 is 23.3 Å². The smallest absolute Gasteiger partial charge is 0.371 e. The molecule has 7 nitrogen and oxygen atoms in total. The van der Waals surface area contributed by atoms with Gasteiger partial charge in [-0.2, -0.15) is 18.2 Å². The first-order valence-electron chi connectivity index (χ1n) is 12.0. The van der Waals surface area contributed by atoms with Crippen LogP contribution >= 0.6 is 0 Å². The van der Waals surface area contributed by atoms with E-state index in [4.69, 9.17) is 0 Å². The third-order valence-electron chi connectivity index (χ3n) is 7.39. The highest BCUT2D eigenvalue weighted by Crippen LogP contribution is 2.41. The summed E-state index contributed by atoms with van der Waals surface area (Å²) in [6.07, 6.45) is -0.559. The number of hydrogen-bond acceptors (Lipinski definition) is 6. The van der Waals surface area contributed by atoms with E-state index < -0.39 is 23.5 Å². The van der Waals surface area contributed by atoms with Gasteiger partial charge in [-0.15, -0.1) is 5.10 Å². The van der Waals surface area contributed by atoms with E-state index >= 15 is 0 Å². The largest absolute Gasteiger partial charge is 0.433 e. The van der Waals surface area contributed by atoms with Crippen LogP contribution in [0.15, 0.2) is 36.5 Å². The molecule has 3 atom stereocenters. The van der Waals surface area contributed by atoms with E-state index in [1.807, 2.05) is 9.80 Å². The molecule has 36 heavy (non-hydrogen) atoms. The zero-order valence-electron chi connectivity index (χ0n) is 19.2. The number of hydrogen-bond donors (Lipinski definition) is 1. The van der Waals surface area contributed by atoms with Crippen LogP contribution in [0.25, 0.3) is 0 Å². The maximum absolute atomic E-state index is 13.8. The number of fused-ring (bicyclic) bond motifs is 3. The predicted octanol–water partition coefficient (Wildman–Crippen LogP) is 4.84. The van der Waals surface area contributed by atoms with E-state index in [9.17, 15) is 22.0 Å². The maximum Gasteiger partial charge on any atom is 0.433 e.